The van der Waals surface area contributed by atoms with Gasteiger partial charge in [0.05, 0.1) is 6.20 Å². The molecule has 1 aromatic rings. The second-order valence-corrected chi connectivity index (χ2v) is 4.45. The zero-order valence-corrected chi connectivity index (χ0v) is 10.3. The van der Waals surface area contributed by atoms with Crippen LogP contribution in [0.1, 0.15) is 44.6 Å². The number of nitriles is 1. The second kappa shape index (κ2) is 5.62. The Labute approximate surface area is 102 Å². The molecule has 0 aromatic carbocycles. The summed E-state index contributed by atoms with van der Waals surface area (Å²) in [6, 6.07) is 2.72. The van der Waals surface area contributed by atoms with Gasteiger partial charge in [-0.05, 0) is 19.8 Å². The zero-order valence-electron chi connectivity index (χ0n) is 10.3. The van der Waals surface area contributed by atoms with Gasteiger partial charge in [-0.25, -0.2) is 9.97 Å². The Kier molecular flexibility index (Phi) is 3.92. The molecule has 0 spiro atoms. The third-order valence-corrected chi connectivity index (χ3v) is 3.44. The van der Waals surface area contributed by atoms with Crippen LogP contribution >= 0.6 is 0 Å². The first-order chi connectivity index (χ1) is 8.36. The van der Waals surface area contributed by atoms with Crippen LogP contribution in [0, 0.1) is 11.3 Å². The molecule has 1 aliphatic carbocycles. The summed E-state index contributed by atoms with van der Waals surface area (Å²) in [6.45, 7) is 3.02. The number of hydrogen-bond acceptors (Lipinski definition) is 4. The average molecular weight is 230 g/mol. The molecule has 1 aromatic heterocycles. The molecule has 0 bridgehead atoms. The van der Waals surface area contributed by atoms with E-state index in [1.165, 1.54) is 38.4 Å². The van der Waals surface area contributed by atoms with Gasteiger partial charge in [0.25, 0.3) is 0 Å². The lowest BCUT2D eigenvalue weighted by atomic mass is 9.94. The molecular weight excluding hydrogens is 212 g/mol. The van der Waals surface area contributed by atoms with Crippen molar-refractivity contribution in [2.45, 2.75) is 45.1 Å². The molecule has 4 heteroatoms. The van der Waals surface area contributed by atoms with E-state index in [2.05, 4.69) is 27.9 Å². The van der Waals surface area contributed by atoms with Crippen molar-refractivity contribution in [1.29, 1.82) is 5.26 Å². The van der Waals surface area contributed by atoms with E-state index >= 15 is 0 Å². The molecule has 17 heavy (non-hydrogen) atoms. The van der Waals surface area contributed by atoms with Gasteiger partial charge in [-0.15, -0.1) is 0 Å². The quantitative estimate of drug-likeness (QED) is 0.800. The fourth-order valence-electron chi connectivity index (χ4n) is 2.60. The van der Waals surface area contributed by atoms with Crippen LogP contribution in [0.4, 0.5) is 5.82 Å². The lowest BCUT2D eigenvalue weighted by Crippen LogP contribution is -2.37. The highest BCUT2D eigenvalue weighted by molar-refractivity contribution is 5.52. The standard InChI is InChI=1S/C13H18N4/c1-2-17(12-6-4-3-5-7-12)13-11(8-14)9-15-10-16-13/h9-10,12H,2-7H2,1H3. The third-order valence-electron chi connectivity index (χ3n) is 3.44. The van der Waals surface area contributed by atoms with Gasteiger partial charge >= 0.3 is 0 Å². The predicted octanol–water partition coefficient (Wildman–Crippen LogP) is 2.51. The Balaban J connectivity index is 2.25. The fourth-order valence-corrected chi connectivity index (χ4v) is 2.60. The summed E-state index contributed by atoms with van der Waals surface area (Å²) < 4.78 is 0. The van der Waals surface area contributed by atoms with Gasteiger partial charge in [0.2, 0.25) is 0 Å². The molecule has 0 unspecified atom stereocenters. The van der Waals surface area contributed by atoms with Crippen LogP contribution in [0.2, 0.25) is 0 Å². The van der Waals surface area contributed by atoms with E-state index in [0.717, 1.165) is 12.4 Å². The summed E-state index contributed by atoms with van der Waals surface area (Å²) >= 11 is 0. The van der Waals surface area contributed by atoms with E-state index in [0.29, 0.717) is 11.6 Å². The third kappa shape index (κ3) is 2.55. The van der Waals surface area contributed by atoms with Crippen LogP contribution in [0.25, 0.3) is 0 Å². The Morgan fingerprint density at radius 2 is 2.18 bits per heavy atom. The predicted molar refractivity (Wildman–Crippen MR) is 66.6 cm³/mol. The number of hydrogen-bond donors (Lipinski definition) is 0. The van der Waals surface area contributed by atoms with Crippen molar-refractivity contribution in [3.63, 3.8) is 0 Å². The summed E-state index contributed by atoms with van der Waals surface area (Å²) in [7, 11) is 0. The van der Waals surface area contributed by atoms with Gasteiger partial charge in [0.15, 0.2) is 0 Å². The van der Waals surface area contributed by atoms with Crippen LogP contribution < -0.4 is 4.90 Å². The average Bonchev–Trinajstić information content (AvgIpc) is 2.41. The van der Waals surface area contributed by atoms with Crippen LogP contribution in [0.5, 0.6) is 0 Å². The van der Waals surface area contributed by atoms with Crippen molar-refractivity contribution in [3.05, 3.63) is 18.1 Å². The topological polar surface area (TPSA) is 52.8 Å². The van der Waals surface area contributed by atoms with Gasteiger partial charge in [-0.3, -0.25) is 0 Å². The summed E-state index contributed by atoms with van der Waals surface area (Å²) in [5.74, 6) is 0.803. The minimum Gasteiger partial charge on any atom is -0.353 e. The van der Waals surface area contributed by atoms with E-state index in [-0.39, 0.29) is 0 Å². The molecule has 1 aliphatic rings. The smallest absolute Gasteiger partial charge is 0.150 e. The van der Waals surface area contributed by atoms with Crippen molar-refractivity contribution >= 4 is 5.82 Å². The molecular formula is C13H18N4. The summed E-state index contributed by atoms with van der Waals surface area (Å²) in [5, 5.41) is 9.10. The molecule has 0 saturated heterocycles. The molecule has 90 valence electrons. The van der Waals surface area contributed by atoms with E-state index in [4.69, 9.17) is 5.26 Å². The molecule has 0 N–H and O–H groups in total. The Morgan fingerprint density at radius 1 is 1.41 bits per heavy atom. The van der Waals surface area contributed by atoms with Crippen molar-refractivity contribution in [1.82, 2.24) is 9.97 Å². The van der Waals surface area contributed by atoms with E-state index in [9.17, 15) is 0 Å². The van der Waals surface area contributed by atoms with Crippen molar-refractivity contribution < 1.29 is 0 Å². The van der Waals surface area contributed by atoms with E-state index in [1.54, 1.807) is 6.20 Å². The van der Waals surface area contributed by atoms with Crippen molar-refractivity contribution in [2.24, 2.45) is 0 Å². The summed E-state index contributed by atoms with van der Waals surface area (Å²) in [4.78, 5) is 10.5. The fraction of sp³-hybridized carbons (Fsp3) is 0.615. The molecule has 0 amide bonds. The largest absolute Gasteiger partial charge is 0.353 e. The van der Waals surface area contributed by atoms with Gasteiger partial charge in [-0.1, -0.05) is 19.3 Å². The lowest BCUT2D eigenvalue weighted by molar-refractivity contribution is 0.416. The number of aromatic nitrogens is 2. The Morgan fingerprint density at radius 3 is 2.82 bits per heavy atom. The van der Waals surface area contributed by atoms with Crippen LogP contribution in [0.15, 0.2) is 12.5 Å². The number of nitrogens with zero attached hydrogens (tertiary/aromatic N) is 4. The first-order valence-corrected chi connectivity index (χ1v) is 6.33. The van der Waals surface area contributed by atoms with Gasteiger partial charge < -0.3 is 4.90 Å². The summed E-state index contributed by atoms with van der Waals surface area (Å²) in [5.41, 5.74) is 0.583. The first-order valence-electron chi connectivity index (χ1n) is 6.33. The Bertz CT molecular complexity index is 404. The van der Waals surface area contributed by atoms with Crippen LogP contribution in [-0.4, -0.2) is 22.6 Å². The second-order valence-electron chi connectivity index (χ2n) is 4.45. The van der Waals surface area contributed by atoms with Crippen molar-refractivity contribution in [2.75, 3.05) is 11.4 Å². The molecule has 1 saturated carbocycles. The number of rotatable bonds is 3. The van der Waals surface area contributed by atoms with Crippen LogP contribution in [0.3, 0.4) is 0 Å². The normalized spacial score (nSPS) is 16.5. The highest BCUT2D eigenvalue weighted by atomic mass is 15.2. The maximum atomic E-state index is 9.10. The minimum absolute atomic E-state index is 0.538. The van der Waals surface area contributed by atoms with Crippen molar-refractivity contribution in [3.8, 4) is 6.07 Å². The molecule has 1 fully saturated rings. The Hall–Kier alpha value is -1.63. The molecule has 0 atom stereocenters. The zero-order chi connectivity index (χ0) is 12.1. The molecule has 4 nitrogen and oxygen atoms in total. The lowest BCUT2D eigenvalue weighted by Gasteiger charge is -2.34. The molecule has 2 rings (SSSR count). The highest BCUT2D eigenvalue weighted by Gasteiger charge is 2.22. The van der Waals surface area contributed by atoms with Gasteiger partial charge in [-0.2, -0.15) is 5.26 Å². The molecule has 1 heterocycles. The van der Waals surface area contributed by atoms with Gasteiger partial charge in [0, 0.05) is 12.6 Å². The van der Waals surface area contributed by atoms with Gasteiger partial charge in [0.1, 0.15) is 23.8 Å². The van der Waals surface area contributed by atoms with Crippen LogP contribution in [-0.2, 0) is 0 Å². The maximum absolute atomic E-state index is 9.10. The molecule has 0 aliphatic heterocycles. The van der Waals surface area contributed by atoms with E-state index in [1.807, 2.05) is 0 Å². The highest BCUT2D eigenvalue weighted by Crippen LogP contribution is 2.27. The van der Waals surface area contributed by atoms with E-state index < -0.39 is 0 Å². The SMILES string of the molecule is CCN(c1ncncc1C#N)C1CCCCC1. The monoisotopic (exact) mass is 230 g/mol. The number of anilines is 1. The summed E-state index contributed by atoms with van der Waals surface area (Å²) in [6.07, 6.45) is 9.46. The maximum Gasteiger partial charge on any atom is 0.150 e. The molecule has 0 radical (unpaired) electrons. The first kappa shape index (κ1) is 11.8. The minimum atomic E-state index is 0.538.